The van der Waals surface area contributed by atoms with Gasteiger partial charge in [-0.15, -0.1) is 0 Å². The van der Waals surface area contributed by atoms with Gasteiger partial charge in [-0.2, -0.15) is 8.42 Å². The van der Waals surface area contributed by atoms with Crippen molar-refractivity contribution >= 4 is 16.6 Å². The lowest BCUT2D eigenvalue weighted by molar-refractivity contribution is -0.532. The van der Waals surface area contributed by atoms with E-state index in [1.807, 2.05) is 29.0 Å². The summed E-state index contributed by atoms with van der Waals surface area (Å²) in [7, 11) is -4.53. The molecule has 0 saturated carbocycles. The molecule has 0 aromatic heterocycles. The van der Waals surface area contributed by atoms with Crippen LogP contribution < -0.4 is 0 Å². The molecule has 0 saturated heterocycles. The molecule has 1 aromatic carbocycles. The molecular formula is C20H32NO5S+. The monoisotopic (exact) mass is 398 g/mol. The highest BCUT2D eigenvalue weighted by atomic mass is 32.3. The molecule has 1 aliphatic rings. The Kier molecular flexibility index (Phi) is 8.89. The van der Waals surface area contributed by atoms with Gasteiger partial charge in [0.2, 0.25) is 0 Å². The highest BCUT2D eigenvalue weighted by Crippen LogP contribution is 2.14. The number of unbranched alkanes of at least 4 members (excludes halogenated alkanes) is 1. The van der Waals surface area contributed by atoms with E-state index in [0.29, 0.717) is 19.1 Å². The smallest absolute Gasteiger partial charge is 0.378 e. The molecule has 0 amide bonds. The zero-order chi connectivity index (χ0) is 19.7. The van der Waals surface area contributed by atoms with Crippen molar-refractivity contribution in [1.29, 1.82) is 0 Å². The van der Waals surface area contributed by atoms with Crippen LogP contribution in [0, 0.1) is 5.92 Å². The van der Waals surface area contributed by atoms with Crippen LogP contribution >= 0.6 is 0 Å². The maximum absolute atomic E-state index is 11.2. The molecule has 27 heavy (non-hydrogen) atoms. The molecule has 0 aliphatic carbocycles. The van der Waals surface area contributed by atoms with Crippen LogP contribution in [0.15, 0.2) is 24.3 Å². The van der Waals surface area contributed by atoms with E-state index in [1.54, 1.807) is 0 Å². The lowest BCUT2D eigenvalue weighted by Crippen LogP contribution is -2.36. The van der Waals surface area contributed by atoms with Gasteiger partial charge in [-0.3, -0.25) is 4.55 Å². The van der Waals surface area contributed by atoms with Crippen LogP contribution in [-0.4, -0.2) is 56.2 Å². The van der Waals surface area contributed by atoms with Gasteiger partial charge < -0.3 is 4.74 Å². The minimum atomic E-state index is -4.53. The van der Waals surface area contributed by atoms with Gasteiger partial charge in [-0.05, 0) is 24.0 Å². The van der Waals surface area contributed by atoms with Crippen LogP contribution in [0.4, 0.5) is 0 Å². The summed E-state index contributed by atoms with van der Waals surface area (Å²) in [5.74, 6) is 0.463. The fourth-order valence-electron chi connectivity index (χ4n) is 3.37. The van der Waals surface area contributed by atoms with Gasteiger partial charge in [0.05, 0.1) is 6.61 Å². The molecule has 6 nitrogen and oxygen atoms in total. The molecule has 0 fully saturated rings. The number of benzene rings is 1. The van der Waals surface area contributed by atoms with E-state index in [-0.39, 0.29) is 6.61 Å². The number of hydrogen-bond donors (Lipinski definition) is 1. The van der Waals surface area contributed by atoms with Gasteiger partial charge >= 0.3 is 10.4 Å². The lowest BCUT2D eigenvalue weighted by atomic mass is 10.0. The topological polar surface area (TPSA) is 75.8 Å². The van der Waals surface area contributed by atoms with Crippen molar-refractivity contribution in [3.05, 3.63) is 35.4 Å². The van der Waals surface area contributed by atoms with Crippen LogP contribution in [-0.2, 0) is 25.7 Å². The molecule has 1 aliphatic heterocycles. The summed E-state index contributed by atoms with van der Waals surface area (Å²) in [6.07, 6.45) is 6.60. The first-order valence-corrected chi connectivity index (χ1v) is 11.2. The van der Waals surface area contributed by atoms with Crippen molar-refractivity contribution in [3.8, 4) is 0 Å². The maximum atomic E-state index is 11.2. The number of nitrogens with zero attached hydrogens (tertiary/aromatic N) is 1. The second-order valence-electron chi connectivity index (χ2n) is 7.17. The normalized spacial score (nSPS) is 16.5. The maximum Gasteiger partial charge on any atom is 0.397 e. The predicted octanol–water partition coefficient (Wildman–Crippen LogP) is 3.10. The Morgan fingerprint density at radius 2 is 2.00 bits per heavy atom. The number of hydrogen-bond acceptors (Lipinski definition) is 4. The Morgan fingerprint density at radius 3 is 2.70 bits per heavy atom. The third-order valence-electron chi connectivity index (χ3n) is 4.94. The Balaban J connectivity index is 1.95. The first-order valence-electron chi connectivity index (χ1n) is 9.81. The summed E-state index contributed by atoms with van der Waals surface area (Å²) in [6.45, 7) is 6.13. The van der Waals surface area contributed by atoms with E-state index < -0.39 is 16.5 Å². The van der Waals surface area contributed by atoms with Crippen molar-refractivity contribution in [2.45, 2.75) is 52.1 Å². The molecule has 2 atom stereocenters. The second-order valence-corrected chi connectivity index (χ2v) is 8.22. The van der Waals surface area contributed by atoms with Gasteiger partial charge in [0.1, 0.15) is 6.54 Å². The molecular weight excluding hydrogens is 366 g/mol. The highest BCUT2D eigenvalue weighted by molar-refractivity contribution is 7.80. The zero-order valence-electron chi connectivity index (χ0n) is 16.3. The molecule has 1 N–H and O–H groups in total. The minimum Gasteiger partial charge on any atom is -0.378 e. The molecule has 0 radical (unpaired) electrons. The van der Waals surface area contributed by atoms with Crippen molar-refractivity contribution in [2.75, 3.05) is 26.3 Å². The fraction of sp³-hybridized carbons (Fsp3) is 0.650. The summed E-state index contributed by atoms with van der Waals surface area (Å²) in [6, 6.07) is 8.13. The Hall–Kier alpha value is -1.28. The molecule has 2 unspecified atom stereocenters. The molecule has 1 aromatic rings. The minimum absolute atomic E-state index is 0.133. The Labute approximate surface area is 163 Å². The largest absolute Gasteiger partial charge is 0.397 e. The summed E-state index contributed by atoms with van der Waals surface area (Å²) < 4.78 is 44.2. The van der Waals surface area contributed by atoms with E-state index in [4.69, 9.17) is 13.5 Å². The summed E-state index contributed by atoms with van der Waals surface area (Å²) in [5.41, 5.74) is 2.40. The Bertz CT molecular complexity index is 717. The summed E-state index contributed by atoms with van der Waals surface area (Å²) in [4.78, 5) is 0. The Morgan fingerprint density at radius 1 is 1.22 bits per heavy atom. The SMILES string of the molecule is CCCCC(CC)COCC(C[N+]1=Cc2ccccc2CC1)OS(=O)(=O)O. The number of fused-ring (bicyclic) bond motifs is 1. The molecule has 2 rings (SSSR count). The molecule has 7 heteroatoms. The van der Waals surface area contributed by atoms with E-state index in [9.17, 15) is 8.42 Å². The van der Waals surface area contributed by atoms with Crippen LogP contribution in [0.25, 0.3) is 0 Å². The molecule has 1 heterocycles. The first kappa shape index (κ1) is 22.0. The second kappa shape index (κ2) is 10.9. The van der Waals surface area contributed by atoms with E-state index in [0.717, 1.165) is 44.2 Å². The van der Waals surface area contributed by atoms with E-state index >= 15 is 0 Å². The summed E-state index contributed by atoms with van der Waals surface area (Å²) in [5, 5.41) is 0. The lowest BCUT2D eigenvalue weighted by Gasteiger charge is -2.19. The highest BCUT2D eigenvalue weighted by Gasteiger charge is 2.25. The number of ether oxygens (including phenoxy) is 1. The van der Waals surface area contributed by atoms with Gasteiger partial charge in [0.15, 0.2) is 18.9 Å². The van der Waals surface area contributed by atoms with Gasteiger partial charge in [0, 0.05) is 18.6 Å². The van der Waals surface area contributed by atoms with Crippen molar-refractivity contribution < 1.29 is 26.5 Å². The average Bonchev–Trinajstić information content (AvgIpc) is 2.63. The van der Waals surface area contributed by atoms with Crippen molar-refractivity contribution in [1.82, 2.24) is 0 Å². The van der Waals surface area contributed by atoms with Gasteiger partial charge in [-0.25, -0.2) is 8.76 Å². The van der Waals surface area contributed by atoms with Crippen LogP contribution in [0.1, 0.15) is 50.7 Å². The van der Waals surface area contributed by atoms with Crippen LogP contribution in [0.2, 0.25) is 0 Å². The first-order chi connectivity index (χ1) is 12.9. The van der Waals surface area contributed by atoms with Gasteiger partial charge in [-0.1, -0.05) is 51.3 Å². The standard InChI is InChI=1S/C20H31NO5S/c1-3-5-8-17(4-2)15-25-16-20(26-27(22,23)24)14-21-12-11-18-9-6-7-10-19(18)13-21/h6-7,9-10,13,17,20H,3-5,8,11-12,14-16H2,1-2H3/p+1. The summed E-state index contributed by atoms with van der Waals surface area (Å²) >= 11 is 0. The van der Waals surface area contributed by atoms with Crippen LogP contribution in [0.5, 0.6) is 0 Å². The third kappa shape index (κ3) is 8.09. The van der Waals surface area contributed by atoms with Crippen molar-refractivity contribution in [2.24, 2.45) is 5.92 Å². The predicted molar refractivity (Wildman–Crippen MR) is 106 cm³/mol. The molecule has 0 bridgehead atoms. The average molecular weight is 399 g/mol. The fourth-order valence-corrected chi connectivity index (χ4v) is 3.83. The quantitative estimate of drug-likeness (QED) is 0.432. The molecule has 0 spiro atoms. The van der Waals surface area contributed by atoms with Crippen molar-refractivity contribution in [3.63, 3.8) is 0 Å². The van der Waals surface area contributed by atoms with E-state index in [1.165, 1.54) is 5.56 Å². The number of rotatable bonds is 12. The van der Waals surface area contributed by atoms with E-state index in [2.05, 4.69) is 19.9 Å². The van der Waals surface area contributed by atoms with Gasteiger partial charge in [0.25, 0.3) is 0 Å². The zero-order valence-corrected chi connectivity index (χ0v) is 17.2. The van der Waals surface area contributed by atoms with Crippen LogP contribution in [0.3, 0.4) is 0 Å². The molecule has 152 valence electrons. The third-order valence-corrected chi connectivity index (χ3v) is 5.46.